The normalized spacial score (nSPS) is 27.2. The largest absolute Gasteiger partial charge is 0.400 e. The van der Waals surface area contributed by atoms with E-state index in [1.807, 2.05) is 35.1 Å². The van der Waals surface area contributed by atoms with Crippen LogP contribution in [0.4, 0.5) is 14.5 Å². The Balaban J connectivity index is 1.83. The molecule has 0 spiro atoms. The van der Waals surface area contributed by atoms with Crippen LogP contribution < -0.4 is 21.7 Å². The zero-order chi connectivity index (χ0) is 28.1. The zero-order valence-electron chi connectivity index (χ0n) is 23.8. The fraction of sp³-hybridized carbons (Fsp3) is 0.600. The topological polar surface area (TPSA) is 90.8 Å². The summed E-state index contributed by atoms with van der Waals surface area (Å²) in [6.45, 7) is 7.63. The summed E-state index contributed by atoms with van der Waals surface area (Å²) < 4.78 is 26.3. The fourth-order valence-electron chi connectivity index (χ4n) is 7.24. The van der Waals surface area contributed by atoms with Crippen molar-refractivity contribution in [3.63, 3.8) is 0 Å². The lowest BCUT2D eigenvalue weighted by atomic mass is 9.55. The van der Waals surface area contributed by atoms with Gasteiger partial charge in [0.25, 0.3) is 0 Å². The number of allylic oxidation sites excluding steroid dienone is 1. The van der Waals surface area contributed by atoms with Gasteiger partial charge < -0.3 is 31.7 Å². The number of likely N-dealkylation sites (N-methyl/N-ethyl adjacent to an activating group) is 1. The lowest BCUT2D eigenvalue weighted by molar-refractivity contribution is -0.00840. The first kappa shape index (κ1) is 28.7. The summed E-state index contributed by atoms with van der Waals surface area (Å²) in [5.74, 6) is 0.154. The van der Waals surface area contributed by atoms with Crippen LogP contribution >= 0.6 is 0 Å². The molecule has 0 radical (unpaired) electrons. The number of benzene rings is 1. The van der Waals surface area contributed by atoms with E-state index in [4.69, 9.17) is 11.5 Å². The molecule has 1 aromatic rings. The number of nitrogens with zero attached hydrogens (tertiary/aromatic N) is 2. The van der Waals surface area contributed by atoms with Crippen LogP contribution in [0.15, 0.2) is 40.6 Å². The molecule has 6 N–H and O–H groups in total. The van der Waals surface area contributed by atoms with Crippen LogP contribution in [0.25, 0.3) is 0 Å². The van der Waals surface area contributed by atoms with E-state index in [-0.39, 0.29) is 24.4 Å². The molecule has 0 fully saturated rings. The van der Waals surface area contributed by atoms with Crippen LogP contribution in [0.1, 0.15) is 35.6 Å². The summed E-state index contributed by atoms with van der Waals surface area (Å²) >= 11 is 0. The molecule has 3 aliphatic carbocycles. The minimum Gasteiger partial charge on any atom is -0.400 e. The second-order valence-electron chi connectivity index (χ2n) is 11.8. The van der Waals surface area contributed by atoms with Crippen LogP contribution in [0.2, 0.25) is 0 Å². The number of rotatable bonds is 8. The Kier molecular flexibility index (Phi) is 8.11. The van der Waals surface area contributed by atoms with Crippen LogP contribution in [0, 0.1) is 18.8 Å². The summed E-state index contributed by atoms with van der Waals surface area (Å²) in [6, 6.07) is 1.23. The first-order valence-corrected chi connectivity index (χ1v) is 13.6. The van der Waals surface area contributed by atoms with Crippen LogP contribution in [0.3, 0.4) is 0 Å². The Bertz CT molecular complexity index is 1170. The van der Waals surface area contributed by atoms with Crippen molar-refractivity contribution in [2.45, 2.75) is 57.3 Å². The molecule has 0 saturated carbocycles. The predicted octanol–water partition coefficient (Wildman–Crippen LogP) is 2.91. The van der Waals surface area contributed by atoms with E-state index in [9.17, 15) is 13.9 Å². The fourth-order valence-corrected chi connectivity index (χ4v) is 7.24. The standard InChI is InChI=1S/C30H45F2N5O/c1-16-20(15-35-21(12-31)13-32)10-27(36(4)5)24-8-19-9-26-29(37(6)7)28(34)25(14-33)18(3)30(26,38)17(2)23(19)11-22(16)24/h10,19,21,26,29,35,38H,3,8-9,11-15,33-34H2,1-2,4-7H3/t19-,26-,29+,30?/m0/s1. The SMILES string of the molecule is C=C1C(CN)=C(N)[C@H](N(C)C)[C@@H]2C[C@@H]3Cc4c(N(C)C)cc(CNC(CF)CF)c(C)c4CC3=C(C)C12O. The maximum absolute atomic E-state index is 13.2. The number of fused-ring (bicyclic) bond motifs is 3. The van der Waals surface area contributed by atoms with Crippen molar-refractivity contribution < 1.29 is 13.9 Å². The maximum atomic E-state index is 13.2. The van der Waals surface area contributed by atoms with Gasteiger partial charge in [-0.3, -0.25) is 0 Å². The number of nitrogens with two attached hydrogens (primary N) is 2. The quantitative estimate of drug-likeness (QED) is 0.387. The lowest BCUT2D eigenvalue weighted by Gasteiger charge is -2.55. The smallest absolute Gasteiger partial charge is 0.115 e. The van der Waals surface area contributed by atoms with Crippen LogP contribution in [0.5, 0.6) is 0 Å². The molecule has 0 aliphatic heterocycles. The molecule has 0 aromatic heterocycles. The van der Waals surface area contributed by atoms with Gasteiger partial charge in [-0.05, 0) is 98.2 Å². The van der Waals surface area contributed by atoms with Gasteiger partial charge in [0, 0.05) is 44.5 Å². The van der Waals surface area contributed by atoms with Crippen molar-refractivity contribution in [1.82, 2.24) is 10.2 Å². The molecule has 3 aliphatic rings. The second-order valence-corrected chi connectivity index (χ2v) is 11.8. The molecule has 210 valence electrons. The van der Waals surface area contributed by atoms with Crippen molar-refractivity contribution in [2.75, 3.05) is 53.0 Å². The van der Waals surface area contributed by atoms with E-state index in [1.165, 1.54) is 16.7 Å². The van der Waals surface area contributed by atoms with Gasteiger partial charge in [-0.2, -0.15) is 0 Å². The molecule has 4 rings (SSSR count). The minimum absolute atomic E-state index is 0.124. The van der Waals surface area contributed by atoms with Crippen LogP contribution in [-0.4, -0.2) is 75.8 Å². The molecule has 1 unspecified atom stereocenters. The minimum atomic E-state index is -1.21. The molecule has 38 heavy (non-hydrogen) atoms. The van der Waals surface area contributed by atoms with Crippen molar-refractivity contribution in [2.24, 2.45) is 23.3 Å². The molecule has 0 amide bonds. The van der Waals surface area contributed by atoms with Gasteiger partial charge >= 0.3 is 0 Å². The molecule has 0 saturated heterocycles. The lowest BCUT2D eigenvalue weighted by Crippen LogP contribution is -2.60. The number of aliphatic hydroxyl groups is 1. The van der Waals surface area contributed by atoms with Gasteiger partial charge in [0.2, 0.25) is 0 Å². The number of nitrogens with one attached hydrogen (secondary N) is 1. The molecule has 4 atom stereocenters. The number of hydrogen-bond acceptors (Lipinski definition) is 6. The third-order valence-electron chi connectivity index (χ3n) is 9.43. The number of anilines is 1. The van der Waals surface area contributed by atoms with Crippen molar-refractivity contribution in [3.8, 4) is 0 Å². The van der Waals surface area contributed by atoms with E-state index in [2.05, 4.69) is 34.7 Å². The summed E-state index contributed by atoms with van der Waals surface area (Å²) in [6.07, 6.45) is 2.40. The average molecular weight is 530 g/mol. The average Bonchev–Trinajstić information content (AvgIpc) is 2.87. The second kappa shape index (κ2) is 10.7. The Hall–Kier alpha value is -2.26. The Morgan fingerprint density at radius 3 is 2.39 bits per heavy atom. The number of hydrogen-bond donors (Lipinski definition) is 4. The maximum Gasteiger partial charge on any atom is 0.115 e. The highest BCUT2D eigenvalue weighted by Crippen LogP contribution is 2.55. The molecular weight excluding hydrogens is 484 g/mol. The Labute approximate surface area is 226 Å². The van der Waals surface area contributed by atoms with Gasteiger partial charge in [-0.15, -0.1) is 0 Å². The summed E-state index contributed by atoms with van der Waals surface area (Å²) in [5.41, 5.74) is 21.8. The summed E-state index contributed by atoms with van der Waals surface area (Å²) in [4.78, 5) is 4.22. The van der Waals surface area contributed by atoms with Crippen molar-refractivity contribution >= 4 is 5.69 Å². The molecule has 0 bridgehead atoms. The van der Waals surface area contributed by atoms with E-state index in [0.29, 0.717) is 17.8 Å². The van der Waals surface area contributed by atoms with Gasteiger partial charge in [0.05, 0.1) is 12.1 Å². The molecular formula is C30H45F2N5O. The van der Waals surface area contributed by atoms with Crippen LogP contribution in [-0.2, 0) is 19.4 Å². The monoisotopic (exact) mass is 529 g/mol. The molecule has 6 nitrogen and oxygen atoms in total. The zero-order valence-corrected chi connectivity index (χ0v) is 23.8. The van der Waals surface area contributed by atoms with Crippen molar-refractivity contribution in [1.29, 1.82) is 0 Å². The van der Waals surface area contributed by atoms with Gasteiger partial charge in [0.1, 0.15) is 19.0 Å². The van der Waals surface area contributed by atoms with E-state index < -0.39 is 25.0 Å². The van der Waals surface area contributed by atoms with E-state index in [0.717, 1.165) is 47.2 Å². The third-order valence-corrected chi connectivity index (χ3v) is 9.43. The third kappa shape index (κ3) is 4.39. The summed E-state index contributed by atoms with van der Waals surface area (Å²) in [5, 5.41) is 15.4. The number of halogens is 2. The Morgan fingerprint density at radius 1 is 1.18 bits per heavy atom. The highest BCUT2D eigenvalue weighted by atomic mass is 19.1. The Morgan fingerprint density at radius 2 is 1.84 bits per heavy atom. The summed E-state index contributed by atoms with van der Waals surface area (Å²) in [7, 11) is 8.09. The van der Waals surface area contributed by atoms with Gasteiger partial charge in [0.15, 0.2) is 0 Å². The number of alkyl halides is 2. The molecule has 8 heteroatoms. The highest BCUT2D eigenvalue weighted by molar-refractivity contribution is 5.65. The first-order valence-electron chi connectivity index (χ1n) is 13.6. The van der Waals surface area contributed by atoms with E-state index in [1.54, 1.807) is 0 Å². The predicted molar refractivity (Wildman–Crippen MR) is 152 cm³/mol. The first-order chi connectivity index (χ1) is 17.9. The van der Waals surface area contributed by atoms with Crippen molar-refractivity contribution in [3.05, 3.63) is 62.9 Å². The van der Waals surface area contributed by atoms with E-state index >= 15 is 0 Å². The van der Waals surface area contributed by atoms with Gasteiger partial charge in [-0.25, -0.2) is 8.78 Å². The van der Waals surface area contributed by atoms with Gasteiger partial charge in [-0.1, -0.05) is 12.2 Å². The highest BCUT2D eigenvalue weighted by Gasteiger charge is 2.55. The molecule has 1 aromatic carbocycles. The molecule has 0 heterocycles.